The number of nitrogens with zero attached hydrogens (tertiary/aromatic N) is 2. The van der Waals surface area contributed by atoms with Gasteiger partial charge in [-0.2, -0.15) is 0 Å². The topological polar surface area (TPSA) is 113 Å². The van der Waals surface area contributed by atoms with Crippen molar-refractivity contribution in [1.82, 2.24) is 15.6 Å². The molecule has 0 saturated carbocycles. The Hall–Kier alpha value is -3.65. The van der Waals surface area contributed by atoms with E-state index in [1.54, 1.807) is 12.1 Å². The van der Waals surface area contributed by atoms with Gasteiger partial charge < -0.3 is 15.6 Å². The summed E-state index contributed by atoms with van der Waals surface area (Å²) in [6.07, 6.45) is 3.31. The van der Waals surface area contributed by atoms with E-state index in [0.29, 0.717) is 22.6 Å². The van der Waals surface area contributed by atoms with Gasteiger partial charge in [0.15, 0.2) is 0 Å². The third-order valence-electron chi connectivity index (χ3n) is 6.20. The molecule has 1 aromatic heterocycles. The molecule has 0 aliphatic carbocycles. The molecule has 184 valence electrons. The Morgan fingerprint density at radius 2 is 1.74 bits per heavy atom. The largest absolute Gasteiger partial charge is 0.399 e. The van der Waals surface area contributed by atoms with E-state index < -0.39 is 0 Å². The first kappa shape index (κ1) is 24.5. The van der Waals surface area contributed by atoms with Crippen LogP contribution in [0.25, 0.3) is 11.3 Å². The Kier molecular flexibility index (Phi) is 6.93. The highest BCUT2D eigenvalue weighted by Crippen LogP contribution is 2.28. The molecule has 1 fully saturated rings. The minimum Gasteiger partial charge on any atom is -0.399 e. The normalized spacial score (nSPS) is 14.5. The minimum absolute atomic E-state index is 0.133. The first-order chi connectivity index (χ1) is 16.6. The van der Waals surface area contributed by atoms with Crippen LogP contribution in [0.2, 0.25) is 0 Å². The van der Waals surface area contributed by atoms with Crippen LogP contribution in [0.3, 0.4) is 0 Å². The van der Waals surface area contributed by atoms with Crippen molar-refractivity contribution in [2.24, 2.45) is 0 Å². The van der Waals surface area contributed by atoms with E-state index in [0.717, 1.165) is 42.6 Å². The van der Waals surface area contributed by atoms with Gasteiger partial charge in [0.25, 0.3) is 5.91 Å². The van der Waals surface area contributed by atoms with Crippen LogP contribution in [0.15, 0.2) is 47.0 Å². The van der Waals surface area contributed by atoms with Crippen molar-refractivity contribution >= 4 is 23.2 Å². The molecule has 1 saturated heterocycles. The number of carbonyl (C=O) groups is 2. The van der Waals surface area contributed by atoms with E-state index in [-0.39, 0.29) is 23.0 Å². The van der Waals surface area contributed by atoms with Crippen LogP contribution in [-0.2, 0) is 5.41 Å². The lowest BCUT2D eigenvalue weighted by molar-refractivity contribution is 0.0712. The fraction of sp³-hybridized carbons (Fsp3) is 0.370. The zero-order valence-corrected chi connectivity index (χ0v) is 20.8. The number of hydrazine groups is 1. The van der Waals surface area contributed by atoms with E-state index in [1.807, 2.05) is 42.3 Å². The molecule has 2 heterocycles. The maximum absolute atomic E-state index is 13.0. The Morgan fingerprint density at radius 1 is 1.00 bits per heavy atom. The maximum atomic E-state index is 13.0. The fourth-order valence-corrected chi connectivity index (χ4v) is 4.11. The van der Waals surface area contributed by atoms with Crippen LogP contribution in [0.1, 0.15) is 72.1 Å². The lowest BCUT2D eigenvalue weighted by atomic mass is 9.85. The maximum Gasteiger partial charge on any atom is 0.304 e. The Balaban J connectivity index is 1.51. The number of piperidine rings is 1. The van der Waals surface area contributed by atoms with E-state index in [2.05, 4.69) is 36.7 Å². The monoisotopic (exact) mass is 475 g/mol. The number of nitrogens with two attached hydrogens (primary N) is 1. The Bertz CT molecular complexity index is 1240. The van der Waals surface area contributed by atoms with Crippen molar-refractivity contribution in [3.63, 3.8) is 0 Å². The Morgan fingerprint density at radius 3 is 2.46 bits per heavy atom. The van der Waals surface area contributed by atoms with Crippen LogP contribution >= 0.6 is 0 Å². The molecule has 1 aliphatic rings. The molecule has 0 bridgehead atoms. The highest BCUT2D eigenvalue weighted by Gasteiger charge is 2.20. The van der Waals surface area contributed by atoms with Crippen molar-refractivity contribution < 1.29 is 14.1 Å². The van der Waals surface area contributed by atoms with Gasteiger partial charge in [-0.3, -0.25) is 15.0 Å². The van der Waals surface area contributed by atoms with Gasteiger partial charge in [0.05, 0.1) is 0 Å². The summed E-state index contributed by atoms with van der Waals surface area (Å²) in [5.41, 5.74) is 13.7. The van der Waals surface area contributed by atoms with Crippen molar-refractivity contribution in [3.8, 4) is 11.3 Å². The second-order valence-corrected chi connectivity index (χ2v) is 10.1. The zero-order chi connectivity index (χ0) is 25.2. The average Bonchev–Trinajstić information content (AvgIpc) is 3.30. The van der Waals surface area contributed by atoms with E-state index in [9.17, 15) is 9.59 Å². The molecular weight excluding hydrogens is 442 g/mol. The lowest BCUT2D eigenvalue weighted by Gasteiger charge is -2.26. The quantitative estimate of drug-likeness (QED) is 0.452. The summed E-state index contributed by atoms with van der Waals surface area (Å²) in [5.74, 6) is -0.419. The SMILES string of the molecule is Cc1ccc(NC(=O)c2cc(N)cc(C(C)(C)C)c2)cc1-c1cc(C(=O)NN2CCCCC2)on1. The van der Waals surface area contributed by atoms with Crippen molar-refractivity contribution in [2.45, 2.75) is 52.4 Å². The number of hydrogen-bond acceptors (Lipinski definition) is 6. The summed E-state index contributed by atoms with van der Waals surface area (Å²) in [6, 6.07) is 12.6. The van der Waals surface area contributed by atoms with E-state index in [4.69, 9.17) is 10.3 Å². The second-order valence-electron chi connectivity index (χ2n) is 10.1. The number of hydrogen-bond donors (Lipinski definition) is 3. The van der Waals surface area contributed by atoms with Gasteiger partial charge in [-0.1, -0.05) is 38.4 Å². The summed E-state index contributed by atoms with van der Waals surface area (Å²) in [6.45, 7) is 9.84. The van der Waals surface area contributed by atoms with Gasteiger partial charge in [0.1, 0.15) is 5.69 Å². The lowest BCUT2D eigenvalue weighted by Crippen LogP contribution is -2.44. The molecule has 35 heavy (non-hydrogen) atoms. The highest BCUT2D eigenvalue weighted by atomic mass is 16.5. The first-order valence-electron chi connectivity index (χ1n) is 12.0. The fourth-order valence-electron chi connectivity index (χ4n) is 4.11. The van der Waals surface area contributed by atoms with Gasteiger partial charge in [-0.25, -0.2) is 5.01 Å². The predicted molar refractivity (Wildman–Crippen MR) is 137 cm³/mol. The van der Waals surface area contributed by atoms with Gasteiger partial charge >= 0.3 is 5.91 Å². The Labute approximate surface area is 205 Å². The van der Waals surface area contributed by atoms with Gasteiger partial charge in [-0.15, -0.1) is 0 Å². The summed E-state index contributed by atoms with van der Waals surface area (Å²) in [7, 11) is 0. The second kappa shape index (κ2) is 9.92. The first-order valence-corrected chi connectivity index (χ1v) is 12.0. The molecule has 0 radical (unpaired) electrons. The average molecular weight is 476 g/mol. The third kappa shape index (κ3) is 5.89. The number of nitrogen functional groups attached to an aromatic ring is 1. The number of aromatic nitrogens is 1. The minimum atomic E-state index is -0.316. The smallest absolute Gasteiger partial charge is 0.304 e. The van der Waals surface area contributed by atoms with Crippen LogP contribution in [0, 0.1) is 6.92 Å². The highest BCUT2D eigenvalue weighted by molar-refractivity contribution is 6.05. The van der Waals surface area contributed by atoms with Gasteiger partial charge in [0.2, 0.25) is 5.76 Å². The molecule has 0 spiro atoms. The summed E-state index contributed by atoms with van der Waals surface area (Å²) in [4.78, 5) is 25.6. The number of carbonyl (C=O) groups excluding carboxylic acids is 2. The summed E-state index contributed by atoms with van der Waals surface area (Å²) < 4.78 is 5.34. The van der Waals surface area contributed by atoms with Crippen LogP contribution < -0.4 is 16.5 Å². The molecule has 2 amide bonds. The molecule has 4 N–H and O–H groups in total. The number of nitrogens with one attached hydrogen (secondary N) is 2. The van der Waals surface area contributed by atoms with Gasteiger partial charge in [-0.05, 0) is 66.6 Å². The predicted octanol–water partition coefficient (Wildman–Crippen LogP) is 4.91. The molecule has 2 aromatic carbocycles. The number of benzene rings is 2. The standard InChI is InChI=1S/C27H33N5O3/c1-17-8-9-21(29-25(33)18-12-19(27(2,3)4)14-20(28)13-18)15-22(17)23-16-24(35-31-23)26(34)30-32-10-6-5-7-11-32/h8-9,12-16H,5-7,10-11,28H2,1-4H3,(H,29,33)(H,30,34). The van der Waals surface area contributed by atoms with Crippen LogP contribution in [0.4, 0.5) is 11.4 Å². The number of anilines is 2. The molecule has 3 aromatic rings. The molecule has 8 heteroatoms. The number of amides is 2. The van der Waals surface area contributed by atoms with Crippen LogP contribution in [0.5, 0.6) is 0 Å². The van der Waals surface area contributed by atoms with Crippen LogP contribution in [-0.4, -0.2) is 35.1 Å². The number of aryl methyl sites for hydroxylation is 1. The molecule has 1 aliphatic heterocycles. The number of rotatable bonds is 5. The van der Waals surface area contributed by atoms with E-state index in [1.165, 1.54) is 6.42 Å². The molecule has 0 unspecified atom stereocenters. The zero-order valence-electron chi connectivity index (χ0n) is 20.8. The van der Waals surface area contributed by atoms with Crippen molar-refractivity contribution in [2.75, 3.05) is 24.1 Å². The third-order valence-corrected chi connectivity index (χ3v) is 6.20. The van der Waals surface area contributed by atoms with Crippen molar-refractivity contribution in [3.05, 3.63) is 64.9 Å². The van der Waals surface area contributed by atoms with Crippen molar-refractivity contribution in [1.29, 1.82) is 0 Å². The molecule has 8 nitrogen and oxygen atoms in total. The van der Waals surface area contributed by atoms with E-state index >= 15 is 0 Å². The molecule has 0 atom stereocenters. The summed E-state index contributed by atoms with van der Waals surface area (Å²) in [5, 5.41) is 8.97. The summed E-state index contributed by atoms with van der Waals surface area (Å²) >= 11 is 0. The molecular formula is C27H33N5O3. The van der Waals surface area contributed by atoms with Gasteiger partial charge in [0, 0.05) is 41.7 Å². The molecule has 4 rings (SSSR count).